The Morgan fingerprint density at radius 2 is 2.06 bits per heavy atom. The van der Waals surface area contributed by atoms with E-state index < -0.39 is 0 Å². The molecule has 1 saturated carbocycles. The minimum Gasteiger partial charge on any atom is -0.320 e. The van der Waals surface area contributed by atoms with Gasteiger partial charge in [-0.15, -0.1) is 11.3 Å². The molecule has 0 spiro atoms. The van der Waals surface area contributed by atoms with Gasteiger partial charge in [0.2, 0.25) is 0 Å². The van der Waals surface area contributed by atoms with Crippen LogP contribution in [0.25, 0.3) is 0 Å². The Morgan fingerprint density at radius 1 is 1.29 bits per heavy atom. The van der Waals surface area contributed by atoms with Crippen LogP contribution in [0.4, 0.5) is 0 Å². The third kappa shape index (κ3) is 3.32. The molecule has 0 atom stereocenters. The first-order chi connectivity index (χ1) is 8.26. The Hall–Kier alpha value is -0.340. The minimum absolute atomic E-state index is 0.652. The summed E-state index contributed by atoms with van der Waals surface area (Å²) >= 11 is 1.94. The smallest absolute Gasteiger partial charge is 0.00746 e. The quantitative estimate of drug-likeness (QED) is 0.800. The number of rotatable bonds is 6. The molecule has 1 fully saturated rings. The zero-order valence-electron chi connectivity index (χ0n) is 11.2. The van der Waals surface area contributed by atoms with Gasteiger partial charge < -0.3 is 5.32 Å². The fourth-order valence-electron chi connectivity index (χ4n) is 3.18. The van der Waals surface area contributed by atoms with E-state index in [1.165, 1.54) is 57.1 Å². The lowest BCUT2D eigenvalue weighted by atomic mass is 9.78. The summed E-state index contributed by atoms with van der Waals surface area (Å²) in [6.07, 6.45) is 9.88. The van der Waals surface area contributed by atoms with Gasteiger partial charge >= 0.3 is 0 Å². The van der Waals surface area contributed by atoms with Gasteiger partial charge in [-0.05, 0) is 75.0 Å². The van der Waals surface area contributed by atoms with E-state index in [4.69, 9.17) is 0 Å². The highest BCUT2D eigenvalue weighted by molar-refractivity contribution is 7.10. The molecule has 0 saturated heterocycles. The maximum Gasteiger partial charge on any atom is 0.00746 e. The van der Waals surface area contributed by atoms with Crippen molar-refractivity contribution in [1.82, 2.24) is 5.32 Å². The van der Waals surface area contributed by atoms with E-state index in [1.54, 1.807) is 4.88 Å². The SMILES string of the molecule is CNCCC1(CCc2sccc2C)CCCC1. The molecule has 0 aromatic carbocycles. The van der Waals surface area contributed by atoms with Crippen molar-refractivity contribution in [1.29, 1.82) is 0 Å². The topological polar surface area (TPSA) is 12.0 Å². The van der Waals surface area contributed by atoms with E-state index in [0.29, 0.717) is 5.41 Å². The lowest BCUT2D eigenvalue weighted by molar-refractivity contribution is 0.248. The van der Waals surface area contributed by atoms with Crippen LogP contribution >= 0.6 is 11.3 Å². The summed E-state index contributed by atoms with van der Waals surface area (Å²) in [5.74, 6) is 0. The van der Waals surface area contributed by atoms with Crippen molar-refractivity contribution in [2.75, 3.05) is 13.6 Å². The molecule has 1 aliphatic carbocycles. The van der Waals surface area contributed by atoms with Crippen molar-refractivity contribution >= 4 is 11.3 Å². The average Bonchev–Trinajstić information content (AvgIpc) is 2.94. The van der Waals surface area contributed by atoms with Crippen LogP contribution in [0.2, 0.25) is 0 Å². The monoisotopic (exact) mass is 251 g/mol. The largest absolute Gasteiger partial charge is 0.320 e. The normalized spacial score (nSPS) is 18.7. The lowest BCUT2D eigenvalue weighted by Gasteiger charge is -2.29. The standard InChI is InChI=1S/C15H25NS/c1-13-6-12-17-14(13)5-9-15(10-11-16-2)7-3-4-8-15/h6,12,16H,3-5,7-11H2,1-2H3. The van der Waals surface area contributed by atoms with Crippen LogP contribution in [0.1, 0.15) is 49.0 Å². The summed E-state index contributed by atoms with van der Waals surface area (Å²) in [6.45, 7) is 3.43. The first-order valence-electron chi connectivity index (χ1n) is 6.93. The number of thiophene rings is 1. The summed E-state index contributed by atoms with van der Waals surface area (Å²) in [6, 6.07) is 2.26. The molecule has 1 heterocycles. The number of nitrogens with one attached hydrogen (secondary N) is 1. The molecule has 0 radical (unpaired) electrons. The van der Waals surface area contributed by atoms with Crippen molar-refractivity contribution in [2.45, 2.75) is 51.9 Å². The Bertz CT molecular complexity index is 336. The molecular weight excluding hydrogens is 226 g/mol. The summed E-state index contributed by atoms with van der Waals surface area (Å²) < 4.78 is 0. The summed E-state index contributed by atoms with van der Waals surface area (Å²) in [5, 5.41) is 5.56. The highest BCUT2D eigenvalue weighted by Crippen LogP contribution is 2.44. The summed E-state index contributed by atoms with van der Waals surface area (Å²) in [7, 11) is 2.08. The molecular formula is C15H25NS. The molecule has 0 bridgehead atoms. The Morgan fingerprint density at radius 3 is 2.65 bits per heavy atom. The van der Waals surface area contributed by atoms with Crippen molar-refractivity contribution in [3.8, 4) is 0 Å². The van der Waals surface area contributed by atoms with E-state index in [0.717, 1.165) is 0 Å². The van der Waals surface area contributed by atoms with Gasteiger partial charge in [0.25, 0.3) is 0 Å². The molecule has 1 aliphatic rings. The van der Waals surface area contributed by atoms with Gasteiger partial charge in [-0.25, -0.2) is 0 Å². The molecule has 2 rings (SSSR count). The van der Waals surface area contributed by atoms with Crippen molar-refractivity contribution < 1.29 is 0 Å². The molecule has 1 N–H and O–H groups in total. The van der Waals surface area contributed by atoms with Gasteiger partial charge in [-0.3, -0.25) is 0 Å². The fraction of sp³-hybridized carbons (Fsp3) is 0.733. The van der Waals surface area contributed by atoms with Gasteiger partial charge in [-0.2, -0.15) is 0 Å². The van der Waals surface area contributed by atoms with Gasteiger partial charge in [0, 0.05) is 4.88 Å². The molecule has 0 amide bonds. The zero-order chi connectivity index (χ0) is 12.1. The fourth-order valence-corrected chi connectivity index (χ4v) is 4.09. The average molecular weight is 251 g/mol. The predicted molar refractivity (Wildman–Crippen MR) is 76.8 cm³/mol. The molecule has 1 aromatic heterocycles. The number of hydrogen-bond donors (Lipinski definition) is 1. The van der Waals surface area contributed by atoms with Gasteiger partial charge in [0.1, 0.15) is 0 Å². The van der Waals surface area contributed by atoms with E-state index in [1.807, 2.05) is 11.3 Å². The van der Waals surface area contributed by atoms with E-state index in [2.05, 4.69) is 30.7 Å². The second-order valence-corrected chi connectivity index (χ2v) is 6.59. The maximum atomic E-state index is 3.33. The van der Waals surface area contributed by atoms with Crippen molar-refractivity contribution in [3.63, 3.8) is 0 Å². The van der Waals surface area contributed by atoms with E-state index >= 15 is 0 Å². The van der Waals surface area contributed by atoms with Gasteiger partial charge in [0.05, 0.1) is 0 Å². The van der Waals surface area contributed by atoms with E-state index in [9.17, 15) is 0 Å². The Kier molecular flexibility index (Phi) is 4.63. The molecule has 0 aliphatic heterocycles. The van der Waals surface area contributed by atoms with Crippen LogP contribution in [-0.2, 0) is 6.42 Å². The predicted octanol–water partition coefficient (Wildman–Crippen LogP) is 4.16. The van der Waals surface area contributed by atoms with Crippen molar-refractivity contribution in [3.05, 3.63) is 21.9 Å². The molecule has 0 unspecified atom stereocenters. The summed E-state index contributed by atoms with van der Waals surface area (Å²) in [4.78, 5) is 1.61. The van der Waals surface area contributed by atoms with Crippen LogP contribution in [0.5, 0.6) is 0 Å². The van der Waals surface area contributed by atoms with Crippen molar-refractivity contribution in [2.24, 2.45) is 5.41 Å². The highest BCUT2D eigenvalue weighted by Gasteiger charge is 2.32. The van der Waals surface area contributed by atoms with Crippen LogP contribution < -0.4 is 5.32 Å². The Balaban J connectivity index is 1.91. The molecule has 96 valence electrons. The van der Waals surface area contributed by atoms with Crippen LogP contribution in [0.3, 0.4) is 0 Å². The Labute approximate surface area is 110 Å². The van der Waals surface area contributed by atoms with Crippen LogP contribution in [0.15, 0.2) is 11.4 Å². The number of hydrogen-bond acceptors (Lipinski definition) is 2. The zero-order valence-corrected chi connectivity index (χ0v) is 12.0. The summed E-state index contributed by atoms with van der Waals surface area (Å²) in [5.41, 5.74) is 2.15. The molecule has 17 heavy (non-hydrogen) atoms. The van der Waals surface area contributed by atoms with Gasteiger partial charge in [-0.1, -0.05) is 12.8 Å². The van der Waals surface area contributed by atoms with Gasteiger partial charge in [0.15, 0.2) is 0 Å². The third-order valence-electron chi connectivity index (χ3n) is 4.42. The minimum atomic E-state index is 0.652. The second-order valence-electron chi connectivity index (χ2n) is 5.59. The van der Waals surface area contributed by atoms with Crippen LogP contribution in [0, 0.1) is 12.3 Å². The van der Waals surface area contributed by atoms with E-state index in [-0.39, 0.29) is 0 Å². The molecule has 1 nitrogen and oxygen atoms in total. The first kappa shape index (κ1) is 13.1. The maximum absolute atomic E-state index is 3.33. The second kappa shape index (κ2) is 6.01. The third-order valence-corrected chi connectivity index (χ3v) is 5.50. The molecule has 2 heteroatoms. The highest BCUT2D eigenvalue weighted by atomic mass is 32.1. The van der Waals surface area contributed by atoms with Crippen LogP contribution in [-0.4, -0.2) is 13.6 Å². The lowest BCUT2D eigenvalue weighted by Crippen LogP contribution is -2.23. The first-order valence-corrected chi connectivity index (χ1v) is 7.81. The number of aryl methyl sites for hydroxylation is 2. The molecule has 1 aromatic rings.